The Morgan fingerprint density at radius 2 is 2.00 bits per heavy atom. The molecule has 1 aromatic heterocycles. The molecule has 1 heterocycles. The first-order valence-electron chi connectivity index (χ1n) is 5.74. The molecule has 0 saturated heterocycles. The number of nitrogens with two attached hydrogens (primary N) is 1. The van der Waals surface area contributed by atoms with Gasteiger partial charge in [-0.2, -0.15) is 0 Å². The van der Waals surface area contributed by atoms with Crippen LogP contribution in [-0.4, -0.2) is 10.8 Å². The third-order valence-corrected chi connectivity index (χ3v) is 4.13. The lowest BCUT2D eigenvalue weighted by atomic mass is 10.1. The van der Waals surface area contributed by atoms with Crippen molar-refractivity contribution < 1.29 is 0 Å². The molecule has 0 spiro atoms. The minimum absolute atomic E-state index is 0.0274. The largest absolute Gasteiger partial charge is 0.384 e. The lowest BCUT2D eigenvalue weighted by Crippen LogP contribution is -2.15. The third kappa shape index (κ3) is 3.08. The lowest BCUT2D eigenvalue weighted by Gasteiger charge is -2.12. The number of halogens is 1. The number of hydrogen-bond acceptors (Lipinski definition) is 3. The molecular formula is C14H14ClN3S. The molecule has 0 fully saturated rings. The molecule has 0 aliphatic heterocycles. The predicted octanol–water partition coefficient (Wildman–Crippen LogP) is 3.79. The Morgan fingerprint density at radius 3 is 2.63 bits per heavy atom. The monoisotopic (exact) mass is 291 g/mol. The summed E-state index contributed by atoms with van der Waals surface area (Å²) in [5, 5.41) is 9.09. The van der Waals surface area contributed by atoms with E-state index in [1.54, 1.807) is 0 Å². The number of pyridine rings is 1. The summed E-state index contributed by atoms with van der Waals surface area (Å²) in [5.74, 6) is 0.0274. The van der Waals surface area contributed by atoms with Gasteiger partial charge < -0.3 is 5.73 Å². The van der Waals surface area contributed by atoms with Gasteiger partial charge in [-0.05, 0) is 37.6 Å². The molecule has 19 heavy (non-hydrogen) atoms. The molecule has 5 heteroatoms. The molecule has 0 saturated carbocycles. The van der Waals surface area contributed by atoms with Gasteiger partial charge >= 0.3 is 0 Å². The van der Waals surface area contributed by atoms with Gasteiger partial charge in [0.15, 0.2) is 0 Å². The molecule has 0 aliphatic carbocycles. The molecule has 1 aromatic carbocycles. The van der Waals surface area contributed by atoms with Crippen molar-refractivity contribution in [2.24, 2.45) is 5.73 Å². The van der Waals surface area contributed by atoms with Gasteiger partial charge in [-0.3, -0.25) is 5.41 Å². The van der Waals surface area contributed by atoms with Gasteiger partial charge in [0, 0.05) is 10.6 Å². The molecule has 98 valence electrons. The Bertz CT molecular complexity index is 641. The van der Waals surface area contributed by atoms with Crippen LogP contribution in [-0.2, 0) is 0 Å². The normalized spacial score (nSPS) is 10.5. The van der Waals surface area contributed by atoms with E-state index in [0.29, 0.717) is 10.6 Å². The molecule has 0 radical (unpaired) electrons. The van der Waals surface area contributed by atoms with E-state index < -0.39 is 0 Å². The standard InChI is InChI=1S/C14H14ClN3S/c1-8-7-9(2)18-14(12(8)13(16)17)19-11-6-4-3-5-10(11)15/h3-7H,1-2H3,(H3,16,17). The Kier molecular flexibility index (Phi) is 4.12. The van der Waals surface area contributed by atoms with Crippen molar-refractivity contribution in [3.05, 3.63) is 52.2 Å². The van der Waals surface area contributed by atoms with Gasteiger partial charge in [-0.25, -0.2) is 4.98 Å². The van der Waals surface area contributed by atoms with Crippen LogP contribution in [0.4, 0.5) is 0 Å². The van der Waals surface area contributed by atoms with Crippen molar-refractivity contribution >= 4 is 29.2 Å². The zero-order chi connectivity index (χ0) is 14.0. The van der Waals surface area contributed by atoms with Crippen molar-refractivity contribution in [2.45, 2.75) is 23.8 Å². The second-order valence-corrected chi connectivity index (χ2v) is 5.64. The Balaban J connectivity index is 2.51. The van der Waals surface area contributed by atoms with Crippen LogP contribution in [0.2, 0.25) is 5.02 Å². The minimum atomic E-state index is 0.0274. The molecule has 3 N–H and O–H groups in total. The first kappa shape index (κ1) is 13.9. The molecule has 0 aliphatic rings. The molecule has 0 unspecified atom stereocenters. The Labute approximate surface area is 121 Å². The summed E-state index contributed by atoms with van der Waals surface area (Å²) in [7, 11) is 0. The highest BCUT2D eigenvalue weighted by Crippen LogP contribution is 2.34. The fraction of sp³-hybridized carbons (Fsp3) is 0.143. The SMILES string of the molecule is Cc1cc(C)c(C(=N)N)c(Sc2ccccc2Cl)n1. The van der Waals surface area contributed by atoms with E-state index in [4.69, 9.17) is 22.7 Å². The average molecular weight is 292 g/mol. The van der Waals surface area contributed by atoms with E-state index in [1.807, 2.05) is 44.2 Å². The number of aryl methyl sites for hydroxylation is 2. The predicted molar refractivity (Wildman–Crippen MR) is 80.3 cm³/mol. The summed E-state index contributed by atoms with van der Waals surface area (Å²) in [4.78, 5) is 5.38. The van der Waals surface area contributed by atoms with E-state index in [-0.39, 0.29) is 5.84 Å². The fourth-order valence-corrected chi connectivity index (χ4v) is 3.17. The van der Waals surface area contributed by atoms with Crippen LogP contribution >= 0.6 is 23.4 Å². The maximum Gasteiger partial charge on any atom is 0.125 e. The summed E-state index contributed by atoms with van der Waals surface area (Å²) >= 11 is 7.59. The number of aromatic nitrogens is 1. The number of amidine groups is 1. The molecule has 0 bridgehead atoms. The molecule has 0 atom stereocenters. The number of nitrogen functional groups attached to an aromatic ring is 1. The molecular weight excluding hydrogens is 278 g/mol. The van der Waals surface area contributed by atoms with E-state index in [9.17, 15) is 0 Å². The van der Waals surface area contributed by atoms with Crippen LogP contribution in [0.15, 0.2) is 40.3 Å². The maximum absolute atomic E-state index is 7.70. The quantitative estimate of drug-likeness (QED) is 0.668. The summed E-state index contributed by atoms with van der Waals surface area (Å²) in [6, 6.07) is 9.49. The van der Waals surface area contributed by atoms with Crippen LogP contribution in [0.3, 0.4) is 0 Å². The smallest absolute Gasteiger partial charge is 0.125 e. The highest BCUT2D eigenvalue weighted by atomic mass is 35.5. The summed E-state index contributed by atoms with van der Waals surface area (Å²) in [5.41, 5.74) is 8.18. The molecule has 2 rings (SSSR count). The van der Waals surface area contributed by atoms with Crippen molar-refractivity contribution in [3.8, 4) is 0 Å². The van der Waals surface area contributed by atoms with Crippen LogP contribution in [0.1, 0.15) is 16.8 Å². The van der Waals surface area contributed by atoms with E-state index in [1.165, 1.54) is 11.8 Å². The van der Waals surface area contributed by atoms with Gasteiger partial charge in [-0.1, -0.05) is 35.5 Å². The maximum atomic E-state index is 7.70. The first-order valence-corrected chi connectivity index (χ1v) is 6.93. The van der Waals surface area contributed by atoms with Crippen molar-refractivity contribution in [2.75, 3.05) is 0 Å². The minimum Gasteiger partial charge on any atom is -0.384 e. The zero-order valence-corrected chi connectivity index (χ0v) is 12.3. The number of nitrogens with one attached hydrogen (secondary N) is 1. The van der Waals surface area contributed by atoms with Crippen molar-refractivity contribution in [3.63, 3.8) is 0 Å². The van der Waals surface area contributed by atoms with Crippen LogP contribution in [0, 0.1) is 19.3 Å². The van der Waals surface area contributed by atoms with Gasteiger partial charge in [0.25, 0.3) is 0 Å². The number of hydrogen-bond donors (Lipinski definition) is 2. The van der Waals surface area contributed by atoms with Crippen LogP contribution in [0.25, 0.3) is 0 Å². The van der Waals surface area contributed by atoms with E-state index >= 15 is 0 Å². The molecule has 2 aromatic rings. The Morgan fingerprint density at radius 1 is 1.32 bits per heavy atom. The second kappa shape index (κ2) is 5.63. The van der Waals surface area contributed by atoms with Gasteiger partial charge in [0.05, 0.1) is 10.6 Å². The number of benzene rings is 1. The molecule has 3 nitrogen and oxygen atoms in total. The number of rotatable bonds is 3. The van der Waals surface area contributed by atoms with Crippen molar-refractivity contribution in [1.82, 2.24) is 4.98 Å². The van der Waals surface area contributed by atoms with Crippen LogP contribution in [0.5, 0.6) is 0 Å². The van der Waals surface area contributed by atoms with Crippen LogP contribution < -0.4 is 5.73 Å². The summed E-state index contributed by atoms with van der Waals surface area (Å²) in [6.07, 6.45) is 0. The van der Waals surface area contributed by atoms with Gasteiger partial charge in [0.2, 0.25) is 0 Å². The Hall–Kier alpha value is -1.52. The topological polar surface area (TPSA) is 62.8 Å². The summed E-state index contributed by atoms with van der Waals surface area (Å²) in [6.45, 7) is 3.86. The van der Waals surface area contributed by atoms with Gasteiger partial charge in [0.1, 0.15) is 10.9 Å². The van der Waals surface area contributed by atoms with Gasteiger partial charge in [-0.15, -0.1) is 0 Å². The third-order valence-electron chi connectivity index (χ3n) is 2.62. The van der Waals surface area contributed by atoms with E-state index in [0.717, 1.165) is 21.2 Å². The second-order valence-electron chi connectivity index (χ2n) is 4.21. The highest BCUT2D eigenvalue weighted by Gasteiger charge is 2.14. The van der Waals surface area contributed by atoms with Crippen molar-refractivity contribution in [1.29, 1.82) is 5.41 Å². The zero-order valence-electron chi connectivity index (χ0n) is 10.7. The molecule has 0 amide bonds. The fourth-order valence-electron chi connectivity index (χ4n) is 1.84. The summed E-state index contributed by atoms with van der Waals surface area (Å²) < 4.78 is 0. The lowest BCUT2D eigenvalue weighted by molar-refractivity contribution is 1.03. The average Bonchev–Trinajstić information content (AvgIpc) is 2.30. The first-order chi connectivity index (χ1) is 8.99. The van der Waals surface area contributed by atoms with E-state index in [2.05, 4.69) is 4.98 Å². The highest BCUT2D eigenvalue weighted by molar-refractivity contribution is 7.99. The number of nitrogens with zero attached hydrogens (tertiary/aromatic N) is 1.